The van der Waals surface area contributed by atoms with E-state index in [0.29, 0.717) is 18.0 Å². The molecular weight excluding hydrogens is 418 g/mol. The number of imide groups is 1. The number of carbonyl (C=O) groups excluding carboxylic acids is 3. The van der Waals surface area contributed by atoms with Gasteiger partial charge in [0, 0.05) is 34.1 Å². The predicted molar refractivity (Wildman–Crippen MR) is 121 cm³/mol. The Kier molecular flexibility index (Phi) is 6.06. The molecule has 1 aliphatic rings. The molecule has 1 saturated heterocycles. The maximum Gasteiger partial charge on any atom is 0.293 e. The van der Waals surface area contributed by atoms with Gasteiger partial charge in [0.25, 0.3) is 11.1 Å². The highest BCUT2D eigenvalue weighted by Crippen LogP contribution is 2.34. The van der Waals surface area contributed by atoms with E-state index in [2.05, 4.69) is 5.32 Å². The first kappa shape index (κ1) is 20.4. The molecule has 0 saturated carbocycles. The zero-order valence-electron chi connectivity index (χ0n) is 16.5. The van der Waals surface area contributed by atoms with Crippen LogP contribution in [0.15, 0.2) is 52.9 Å². The number of hydrogen-bond donors (Lipinski definition) is 1. The molecule has 0 aliphatic carbocycles. The number of nitrogens with one attached hydrogen (secondary N) is 1. The number of thioether (sulfide) groups is 1. The van der Waals surface area contributed by atoms with Crippen molar-refractivity contribution < 1.29 is 14.4 Å². The van der Waals surface area contributed by atoms with E-state index in [0.717, 1.165) is 39.5 Å². The molecule has 0 spiro atoms. The molecule has 0 unspecified atom stereocenters. The topological polar surface area (TPSA) is 71.4 Å². The molecule has 30 heavy (non-hydrogen) atoms. The van der Waals surface area contributed by atoms with Crippen LogP contribution in [0, 0.1) is 0 Å². The minimum atomic E-state index is -0.252. The Morgan fingerprint density at radius 3 is 2.77 bits per heavy atom. The quantitative estimate of drug-likeness (QED) is 0.552. The zero-order chi connectivity index (χ0) is 21.1. The second-order valence-corrected chi connectivity index (χ2v) is 8.94. The van der Waals surface area contributed by atoms with Gasteiger partial charge in [0.1, 0.15) is 6.54 Å². The first-order valence-electron chi connectivity index (χ1n) is 9.69. The van der Waals surface area contributed by atoms with Gasteiger partial charge in [-0.1, -0.05) is 31.2 Å². The third-order valence-electron chi connectivity index (χ3n) is 4.78. The number of nitrogens with zero attached hydrogens (tertiary/aromatic N) is 2. The van der Waals surface area contributed by atoms with Crippen LogP contribution in [0.2, 0.25) is 0 Å². The van der Waals surface area contributed by atoms with Crippen LogP contribution in [0.25, 0.3) is 17.0 Å². The maximum absolute atomic E-state index is 12.6. The number of rotatable bonds is 7. The van der Waals surface area contributed by atoms with Crippen LogP contribution >= 0.6 is 23.1 Å². The Hall–Kier alpha value is -2.84. The summed E-state index contributed by atoms with van der Waals surface area (Å²) in [6.45, 7) is 3.04. The molecule has 3 heterocycles. The number of carbonyl (C=O) groups is 3. The van der Waals surface area contributed by atoms with Crippen LogP contribution in [0.5, 0.6) is 0 Å². The highest BCUT2D eigenvalue weighted by Gasteiger charge is 2.34. The third kappa shape index (κ3) is 4.20. The monoisotopic (exact) mass is 439 g/mol. The summed E-state index contributed by atoms with van der Waals surface area (Å²) in [7, 11) is 0. The number of amides is 3. The fourth-order valence-corrected chi connectivity index (χ4v) is 4.89. The van der Waals surface area contributed by atoms with Gasteiger partial charge in [-0.3, -0.25) is 19.3 Å². The Bertz CT molecular complexity index is 1130. The van der Waals surface area contributed by atoms with Gasteiger partial charge in [-0.05, 0) is 41.8 Å². The van der Waals surface area contributed by atoms with Crippen molar-refractivity contribution in [1.29, 1.82) is 0 Å². The van der Waals surface area contributed by atoms with E-state index < -0.39 is 0 Å². The molecule has 4 rings (SSSR count). The number of para-hydroxylation sites is 1. The number of thiophene rings is 1. The molecule has 154 valence electrons. The van der Waals surface area contributed by atoms with Gasteiger partial charge in [0.05, 0.1) is 11.4 Å². The van der Waals surface area contributed by atoms with Crippen LogP contribution < -0.4 is 5.32 Å². The van der Waals surface area contributed by atoms with Gasteiger partial charge in [0.2, 0.25) is 5.91 Å². The molecule has 0 atom stereocenters. The molecule has 3 amide bonds. The molecule has 1 aliphatic heterocycles. The molecule has 6 nitrogen and oxygen atoms in total. The smallest absolute Gasteiger partial charge is 0.293 e. The Morgan fingerprint density at radius 1 is 1.17 bits per heavy atom. The summed E-state index contributed by atoms with van der Waals surface area (Å²) in [4.78, 5) is 40.0. The number of benzene rings is 1. The highest BCUT2D eigenvalue weighted by molar-refractivity contribution is 8.18. The van der Waals surface area contributed by atoms with E-state index in [-0.39, 0.29) is 23.6 Å². The van der Waals surface area contributed by atoms with Crippen LogP contribution in [0.3, 0.4) is 0 Å². The summed E-state index contributed by atoms with van der Waals surface area (Å²) >= 11 is 2.57. The number of fused-ring (bicyclic) bond motifs is 1. The Balaban J connectivity index is 1.57. The van der Waals surface area contributed by atoms with Crippen LogP contribution in [0.4, 0.5) is 4.79 Å². The van der Waals surface area contributed by atoms with Crippen molar-refractivity contribution in [2.24, 2.45) is 0 Å². The number of hydrogen-bond acceptors (Lipinski definition) is 5. The number of aromatic nitrogens is 1. The highest BCUT2D eigenvalue weighted by atomic mass is 32.2. The second-order valence-electron chi connectivity index (χ2n) is 6.92. The van der Waals surface area contributed by atoms with E-state index in [1.807, 2.05) is 59.5 Å². The lowest BCUT2D eigenvalue weighted by Gasteiger charge is -2.09. The molecule has 0 bridgehead atoms. The lowest BCUT2D eigenvalue weighted by Crippen LogP contribution is -2.28. The average Bonchev–Trinajstić information content (AvgIpc) is 3.44. The van der Waals surface area contributed by atoms with E-state index in [9.17, 15) is 14.4 Å². The lowest BCUT2D eigenvalue weighted by atomic mass is 10.1. The maximum atomic E-state index is 12.6. The molecule has 3 aromatic rings. The summed E-state index contributed by atoms with van der Waals surface area (Å²) in [5, 5.41) is 5.62. The van der Waals surface area contributed by atoms with Crippen LogP contribution in [-0.2, 0) is 22.7 Å². The van der Waals surface area contributed by atoms with Gasteiger partial charge < -0.3 is 9.88 Å². The average molecular weight is 440 g/mol. The standard InChI is InChI=1S/C22H21N3O3S2/c1-2-9-25-21(27)19(30-22(25)28)11-15-13-24(18-8-4-3-7-17(15)18)14-20(26)23-12-16-6-5-10-29-16/h3-8,10-11,13H,2,9,12,14H2,1H3,(H,23,26)/b19-11-. The van der Waals surface area contributed by atoms with Crippen molar-refractivity contribution in [3.63, 3.8) is 0 Å². The van der Waals surface area contributed by atoms with Crippen molar-refractivity contribution in [3.8, 4) is 0 Å². The summed E-state index contributed by atoms with van der Waals surface area (Å²) < 4.78 is 1.88. The van der Waals surface area contributed by atoms with E-state index in [1.165, 1.54) is 4.90 Å². The van der Waals surface area contributed by atoms with Gasteiger partial charge in [-0.25, -0.2) is 0 Å². The molecule has 0 radical (unpaired) electrons. The lowest BCUT2D eigenvalue weighted by molar-refractivity contribution is -0.123. The normalized spacial score (nSPS) is 15.5. The van der Waals surface area contributed by atoms with Crippen molar-refractivity contribution in [2.75, 3.05) is 6.54 Å². The fraction of sp³-hybridized carbons (Fsp3) is 0.227. The van der Waals surface area contributed by atoms with E-state index in [4.69, 9.17) is 0 Å². The van der Waals surface area contributed by atoms with Crippen LogP contribution in [0.1, 0.15) is 23.8 Å². The minimum Gasteiger partial charge on any atom is -0.350 e. The minimum absolute atomic E-state index is 0.0843. The SMILES string of the molecule is CCCN1C(=O)S/C(=C\c2cn(CC(=O)NCc3cccs3)c3ccccc23)C1=O. The summed E-state index contributed by atoms with van der Waals surface area (Å²) in [6.07, 6.45) is 4.34. The summed E-state index contributed by atoms with van der Waals surface area (Å²) in [6, 6.07) is 11.7. The van der Waals surface area contributed by atoms with Gasteiger partial charge in [0.15, 0.2) is 0 Å². The molecule has 1 fully saturated rings. The molecule has 1 aromatic carbocycles. The second kappa shape index (κ2) is 8.89. The van der Waals surface area contributed by atoms with Crippen molar-refractivity contribution >= 4 is 57.1 Å². The van der Waals surface area contributed by atoms with Crippen molar-refractivity contribution in [3.05, 3.63) is 63.3 Å². The third-order valence-corrected chi connectivity index (χ3v) is 6.56. The Morgan fingerprint density at radius 2 is 2.00 bits per heavy atom. The van der Waals surface area contributed by atoms with Crippen LogP contribution in [-0.4, -0.2) is 33.1 Å². The van der Waals surface area contributed by atoms with Gasteiger partial charge in [-0.2, -0.15) is 0 Å². The van der Waals surface area contributed by atoms with E-state index in [1.54, 1.807) is 17.4 Å². The zero-order valence-corrected chi connectivity index (χ0v) is 18.1. The molecule has 1 N–H and O–H groups in total. The van der Waals surface area contributed by atoms with Gasteiger partial charge >= 0.3 is 0 Å². The molecular formula is C22H21N3O3S2. The van der Waals surface area contributed by atoms with Crippen molar-refractivity contribution in [2.45, 2.75) is 26.4 Å². The van der Waals surface area contributed by atoms with Gasteiger partial charge in [-0.15, -0.1) is 11.3 Å². The predicted octanol–water partition coefficient (Wildman–Crippen LogP) is 4.47. The van der Waals surface area contributed by atoms with Crippen molar-refractivity contribution in [1.82, 2.24) is 14.8 Å². The molecule has 2 aromatic heterocycles. The summed E-state index contributed by atoms with van der Waals surface area (Å²) in [5.41, 5.74) is 1.72. The summed E-state index contributed by atoms with van der Waals surface area (Å²) in [5.74, 6) is -0.337. The first-order chi connectivity index (χ1) is 14.6. The van der Waals surface area contributed by atoms with E-state index >= 15 is 0 Å². The molecule has 8 heteroatoms. The largest absolute Gasteiger partial charge is 0.350 e. The first-order valence-corrected chi connectivity index (χ1v) is 11.4. The Labute approximate surface area is 182 Å². The fourth-order valence-electron chi connectivity index (χ4n) is 3.39.